The van der Waals surface area contributed by atoms with E-state index in [4.69, 9.17) is 0 Å². The highest BCUT2D eigenvalue weighted by molar-refractivity contribution is 6.04. The van der Waals surface area contributed by atoms with Crippen LogP contribution in [-0.4, -0.2) is 28.9 Å². The maximum atomic E-state index is 12.9. The highest BCUT2D eigenvalue weighted by Crippen LogP contribution is 2.42. The standard InChI is InChI=1S/C15H19N3O2/c1-10-5-7-16-9-12(10)18-8-6-13(19)17-15(2,14(18)20)11-3-4-11/h5,7,9,11H,3-4,6,8H2,1-2H3,(H,17,19). The van der Waals surface area contributed by atoms with Gasteiger partial charge in [0.2, 0.25) is 5.91 Å². The van der Waals surface area contributed by atoms with Crippen molar-refractivity contribution >= 4 is 17.5 Å². The molecule has 2 amide bonds. The number of hydrogen-bond donors (Lipinski definition) is 1. The molecule has 0 bridgehead atoms. The van der Waals surface area contributed by atoms with Crippen LogP contribution in [0.1, 0.15) is 31.7 Å². The largest absolute Gasteiger partial charge is 0.342 e. The molecule has 1 N–H and O–H groups in total. The normalized spacial score (nSPS) is 27.2. The van der Waals surface area contributed by atoms with Gasteiger partial charge in [-0.25, -0.2) is 0 Å². The number of nitrogens with one attached hydrogen (secondary N) is 1. The Morgan fingerprint density at radius 3 is 2.80 bits per heavy atom. The van der Waals surface area contributed by atoms with E-state index in [1.807, 2.05) is 19.9 Å². The lowest BCUT2D eigenvalue weighted by molar-refractivity contribution is -0.130. The Bertz CT molecular complexity index is 568. The maximum absolute atomic E-state index is 12.9. The predicted octanol–water partition coefficient (Wildman–Crippen LogP) is 1.41. The SMILES string of the molecule is Cc1ccncc1N1CCC(=O)NC(C)(C2CC2)C1=O. The number of amides is 2. The van der Waals surface area contributed by atoms with Gasteiger partial charge < -0.3 is 10.2 Å². The molecule has 0 aromatic carbocycles. The Morgan fingerprint density at radius 2 is 2.15 bits per heavy atom. The fourth-order valence-corrected chi connectivity index (χ4v) is 2.91. The number of hydrogen-bond acceptors (Lipinski definition) is 3. The predicted molar refractivity (Wildman–Crippen MR) is 75.2 cm³/mol. The summed E-state index contributed by atoms with van der Waals surface area (Å²) >= 11 is 0. The summed E-state index contributed by atoms with van der Waals surface area (Å²) < 4.78 is 0. The molecule has 1 aromatic heterocycles. The first-order valence-corrected chi connectivity index (χ1v) is 7.06. The lowest BCUT2D eigenvalue weighted by Gasteiger charge is -2.32. The number of pyridine rings is 1. The van der Waals surface area contributed by atoms with Crippen LogP contribution in [0, 0.1) is 12.8 Å². The number of nitrogens with zero attached hydrogens (tertiary/aromatic N) is 2. The van der Waals surface area contributed by atoms with Gasteiger partial charge in [-0.3, -0.25) is 14.6 Å². The van der Waals surface area contributed by atoms with Crippen LogP contribution in [0.15, 0.2) is 18.5 Å². The van der Waals surface area contributed by atoms with Crippen molar-refractivity contribution in [3.63, 3.8) is 0 Å². The van der Waals surface area contributed by atoms with Gasteiger partial charge in [-0.2, -0.15) is 0 Å². The summed E-state index contributed by atoms with van der Waals surface area (Å²) in [5.74, 6) is 0.204. The second kappa shape index (κ2) is 4.58. The quantitative estimate of drug-likeness (QED) is 0.886. The van der Waals surface area contributed by atoms with Gasteiger partial charge >= 0.3 is 0 Å². The van der Waals surface area contributed by atoms with Crippen molar-refractivity contribution in [2.24, 2.45) is 5.92 Å². The van der Waals surface area contributed by atoms with Gasteiger partial charge in [-0.1, -0.05) is 0 Å². The summed E-state index contributed by atoms with van der Waals surface area (Å²) in [6.45, 7) is 4.23. The fraction of sp³-hybridized carbons (Fsp3) is 0.533. The molecule has 0 spiro atoms. The molecule has 1 unspecified atom stereocenters. The van der Waals surface area contributed by atoms with Crippen LogP contribution in [0.2, 0.25) is 0 Å². The summed E-state index contributed by atoms with van der Waals surface area (Å²) in [5, 5.41) is 2.94. The number of rotatable bonds is 2. The molecule has 106 valence electrons. The third kappa shape index (κ3) is 2.07. The van der Waals surface area contributed by atoms with Crippen LogP contribution in [-0.2, 0) is 9.59 Å². The van der Waals surface area contributed by atoms with Crippen molar-refractivity contribution in [3.05, 3.63) is 24.0 Å². The summed E-state index contributed by atoms with van der Waals surface area (Å²) in [6, 6.07) is 1.89. The summed E-state index contributed by atoms with van der Waals surface area (Å²) in [4.78, 5) is 30.7. The molecule has 1 aliphatic carbocycles. The smallest absolute Gasteiger partial charge is 0.252 e. The van der Waals surface area contributed by atoms with E-state index in [1.54, 1.807) is 17.3 Å². The van der Waals surface area contributed by atoms with Gasteiger partial charge in [0.15, 0.2) is 0 Å². The second-order valence-electron chi connectivity index (χ2n) is 5.89. The molecule has 5 heteroatoms. The molecule has 20 heavy (non-hydrogen) atoms. The third-order valence-corrected chi connectivity index (χ3v) is 4.35. The van der Waals surface area contributed by atoms with E-state index in [0.29, 0.717) is 13.0 Å². The first-order valence-electron chi connectivity index (χ1n) is 7.06. The minimum absolute atomic E-state index is 0.0121. The Balaban J connectivity index is 2.00. The highest BCUT2D eigenvalue weighted by atomic mass is 16.2. The lowest BCUT2D eigenvalue weighted by Crippen LogP contribution is -2.57. The van der Waals surface area contributed by atoms with E-state index in [1.165, 1.54) is 0 Å². The Morgan fingerprint density at radius 1 is 1.40 bits per heavy atom. The summed E-state index contributed by atoms with van der Waals surface area (Å²) in [6.07, 6.45) is 5.76. The lowest BCUT2D eigenvalue weighted by atomic mass is 9.93. The molecule has 0 radical (unpaired) electrons. The maximum Gasteiger partial charge on any atom is 0.252 e. The molecule has 2 fully saturated rings. The first-order chi connectivity index (χ1) is 9.52. The van der Waals surface area contributed by atoms with Crippen molar-refractivity contribution in [2.75, 3.05) is 11.4 Å². The van der Waals surface area contributed by atoms with E-state index < -0.39 is 5.54 Å². The van der Waals surface area contributed by atoms with Crippen molar-refractivity contribution < 1.29 is 9.59 Å². The van der Waals surface area contributed by atoms with Gasteiger partial charge in [-0.05, 0) is 44.2 Å². The first kappa shape index (κ1) is 13.1. The van der Waals surface area contributed by atoms with Crippen LogP contribution in [0.4, 0.5) is 5.69 Å². The van der Waals surface area contributed by atoms with Crippen LogP contribution < -0.4 is 10.2 Å². The van der Waals surface area contributed by atoms with Crippen LogP contribution >= 0.6 is 0 Å². The minimum atomic E-state index is -0.768. The number of anilines is 1. The Kier molecular flexibility index (Phi) is 3.00. The number of aryl methyl sites for hydroxylation is 1. The van der Waals surface area contributed by atoms with Crippen LogP contribution in [0.5, 0.6) is 0 Å². The van der Waals surface area contributed by atoms with Crippen molar-refractivity contribution in [3.8, 4) is 0 Å². The zero-order valence-electron chi connectivity index (χ0n) is 11.8. The number of carbonyl (C=O) groups excluding carboxylic acids is 2. The van der Waals surface area contributed by atoms with Crippen LogP contribution in [0.25, 0.3) is 0 Å². The fourth-order valence-electron chi connectivity index (χ4n) is 2.91. The number of aromatic nitrogens is 1. The molecule has 1 atom stereocenters. The van der Waals surface area contributed by atoms with Crippen molar-refractivity contribution in [2.45, 2.75) is 38.6 Å². The molecular formula is C15H19N3O2. The van der Waals surface area contributed by atoms with E-state index in [9.17, 15) is 9.59 Å². The summed E-state index contributed by atoms with van der Waals surface area (Å²) in [7, 11) is 0. The molecule has 2 heterocycles. The summed E-state index contributed by atoms with van der Waals surface area (Å²) in [5.41, 5.74) is 1.04. The highest BCUT2D eigenvalue weighted by Gasteiger charge is 2.51. The molecule has 2 aliphatic rings. The zero-order valence-corrected chi connectivity index (χ0v) is 11.8. The van der Waals surface area contributed by atoms with Crippen molar-refractivity contribution in [1.82, 2.24) is 10.3 Å². The van der Waals surface area contributed by atoms with E-state index in [0.717, 1.165) is 24.1 Å². The van der Waals surface area contributed by atoms with E-state index in [2.05, 4.69) is 10.3 Å². The molecule has 5 nitrogen and oxygen atoms in total. The van der Waals surface area contributed by atoms with E-state index in [-0.39, 0.29) is 17.7 Å². The Hall–Kier alpha value is -1.91. The van der Waals surface area contributed by atoms with Gasteiger partial charge in [0.05, 0.1) is 11.9 Å². The molecule has 1 aromatic rings. The Labute approximate surface area is 118 Å². The number of carbonyl (C=O) groups is 2. The van der Waals surface area contributed by atoms with Gasteiger partial charge in [-0.15, -0.1) is 0 Å². The molecule has 1 saturated heterocycles. The minimum Gasteiger partial charge on any atom is -0.342 e. The topological polar surface area (TPSA) is 62.3 Å². The van der Waals surface area contributed by atoms with Gasteiger partial charge in [0, 0.05) is 19.2 Å². The monoisotopic (exact) mass is 273 g/mol. The van der Waals surface area contributed by atoms with Gasteiger partial charge in [0.25, 0.3) is 5.91 Å². The average molecular weight is 273 g/mol. The molecular weight excluding hydrogens is 254 g/mol. The average Bonchev–Trinajstić information content (AvgIpc) is 3.24. The second-order valence-corrected chi connectivity index (χ2v) is 5.89. The molecule has 3 rings (SSSR count). The van der Waals surface area contributed by atoms with Crippen LogP contribution in [0.3, 0.4) is 0 Å². The van der Waals surface area contributed by atoms with Crippen molar-refractivity contribution in [1.29, 1.82) is 0 Å². The third-order valence-electron chi connectivity index (χ3n) is 4.35. The van der Waals surface area contributed by atoms with Gasteiger partial charge in [0.1, 0.15) is 5.54 Å². The zero-order chi connectivity index (χ0) is 14.3. The van der Waals surface area contributed by atoms with E-state index >= 15 is 0 Å². The molecule has 1 saturated carbocycles. The molecule has 1 aliphatic heterocycles.